The molecular formula is C15H23N3O. The summed E-state index contributed by atoms with van der Waals surface area (Å²) in [6, 6.07) is 9.63. The minimum atomic E-state index is -0.0427. The second kappa shape index (κ2) is 6.68. The van der Waals surface area contributed by atoms with E-state index >= 15 is 0 Å². The van der Waals surface area contributed by atoms with Crippen LogP contribution in [0.2, 0.25) is 0 Å². The normalized spacial score (nSPS) is 21.3. The summed E-state index contributed by atoms with van der Waals surface area (Å²) in [5.74, 6) is 0.103. The van der Waals surface area contributed by atoms with Gasteiger partial charge in [-0.05, 0) is 25.2 Å². The number of piperazine rings is 1. The van der Waals surface area contributed by atoms with Crippen molar-refractivity contribution < 1.29 is 4.79 Å². The van der Waals surface area contributed by atoms with E-state index < -0.39 is 0 Å². The molecule has 0 aromatic heterocycles. The zero-order valence-corrected chi connectivity index (χ0v) is 11.8. The van der Waals surface area contributed by atoms with Gasteiger partial charge in [0.05, 0.1) is 0 Å². The third-order valence-corrected chi connectivity index (χ3v) is 3.77. The number of rotatable bonds is 4. The summed E-state index contributed by atoms with van der Waals surface area (Å²) in [5, 5.41) is 3.01. The Morgan fingerprint density at radius 3 is 2.58 bits per heavy atom. The number of carbonyl (C=O) groups is 1. The van der Waals surface area contributed by atoms with Crippen LogP contribution < -0.4 is 5.32 Å². The van der Waals surface area contributed by atoms with Crippen molar-refractivity contribution in [3.63, 3.8) is 0 Å². The molecule has 1 heterocycles. The number of hydrogen-bond donors (Lipinski definition) is 1. The molecule has 0 radical (unpaired) electrons. The van der Waals surface area contributed by atoms with Gasteiger partial charge in [0.15, 0.2) is 0 Å². The largest absolute Gasteiger partial charge is 0.325 e. The van der Waals surface area contributed by atoms with E-state index in [1.165, 1.54) is 0 Å². The molecule has 1 atom stereocenters. The third kappa shape index (κ3) is 3.55. The predicted molar refractivity (Wildman–Crippen MR) is 78.2 cm³/mol. The van der Waals surface area contributed by atoms with Crippen molar-refractivity contribution >= 4 is 11.6 Å². The fourth-order valence-corrected chi connectivity index (χ4v) is 2.54. The van der Waals surface area contributed by atoms with Crippen LogP contribution in [0.3, 0.4) is 0 Å². The van der Waals surface area contributed by atoms with Crippen LogP contribution in [0.1, 0.15) is 13.8 Å². The maximum atomic E-state index is 12.4. The fraction of sp³-hybridized carbons (Fsp3) is 0.533. The van der Waals surface area contributed by atoms with Gasteiger partial charge in [-0.15, -0.1) is 0 Å². The van der Waals surface area contributed by atoms with Crippen LogP contribution in [0.5, 0.6) is 0 Å². The highest BCUT2D eigenvalue weighted by Gasteiger charge is 2.30. The van der Waals surface area contributed by atoms with Gasteiger partial charge in [-0.25, -0.2) is 0 Å². The van der Waals surface area contributed by atoms with Gasteiger partial charge in [0.2, 0.25) is 5.91 Å². The molecule has 1 aromatic carbocycles. The molecule has 0 spiro atoms. The number of amides is 1. The highest BCUT2D eigenvalue weighted by atomic mass is 16.2. The number of nitrogens with one attached hydrogen (secondary N) is 1. The highest BCUT2D eigenvalue weighted by Crippen LogP contribution is 2.13. The van der Waals surface area contributed by atoms with Crippen molar-refractivity contribution in [2.75, 3.05) is 38.0 Å². The number of carbonyl (C=O) groups excluding carboxylic acids is 1. The fourth-order valence-electron chi connectivity index (χ4n) is 2.54. The molecule has 1 fully saturated rings. The second-order valence-corrected chi connectivity index (χ2v) is 4.89. The molecule has 1 saturated heterocycles. The van der Waals surface area contributed by atoms with E-state index in [0.29, 0.717) is 0 Å². The van der Waals surface area contributed by atoms with Crippen molar-refractivity contribution in [3.8, 4) is 0 Å². The number of para-hydroxylation sites is 1. The van der Waals surface area contributed by atoms with Gasteiger partial charge in [-0.3, -0.25) is 9.69 Å². The van der Waals surface area contributed by atoms with Crippen molar-refractivity contribution in [3.05, 3.63) is 30.3 Å². The zero-order chi connectivity index (χ0) is 13.7. The molecule has 4 heteroatoms. The Labute approximate surface area is 115 Å². The molecule has 1 aliphatic rings. The first-order chi connectivity index (χ1) is 9.24. The number of benzene rings is 1. The summed E-state index contributed by atoms with van der Waals surface area (Å²) < 4.78 is 0. The molecule has 104 valence electrons. The van der Waals surface area contributed by atoms with Gasteiger partial charge in [-0.2, -0.15) is 0 Å². The van der Waals surface area contributed by atoms with Gasteiger partial charge in [0.25, 0.3) is 0 Å². The molecule has 0 bridgehead atoms. The van der Waals surface area contributed by atoms with Crippen LogP contribution >= 0.6 is 0 Å². The van der Waals surface area contributed by atoms with Gasteiger partial charge in [0.1, 0.15) is 6.04 Å². The van der Waals surface area contributed by atoms with Crippen molar-refractivity contribution in [1.82, 2.24) is 9.80 Å². The average Bonchev–Trinajstić information content (AvgIpc) is 2.47. The summed E-state index contributed by atoms with van der Waals surface area (Å²) in [4.78, 5) is 17.0. The summed E-state index contributed by atoms with van der Waals surface area (Å²) >= 11 is 0. The first-order valence-electron chi connectivity index (χ1n) is 7.07. The standard InChI is InChI=1S/C15H23N3O/c1-3-17-10-11-18(4-2)14(12-17)15(19)16-13-8-6-5-7-9-13/h5-9,14H,3-4,10-12H2,1-2H3,(H,16,19). The van der Waals surface area contributed by atoms with E-state index in [2.05, 4.69) is 29.0 Å². The van der Waals surface area contributed by atoms with Crippen LogP contribution in [0, 0.1) is 0 Å². The summed E-state index contributed by atoms with van der Waals surface area (Å²) in [7, 11) is 0. The number of nitrogens with zero attached hydrogens (tertiary/aromatic N) is 2. The lowest BCUT2D eigenvalue weighted by Crippen LogP contribution is -2.57. The van der Waals surface area contributed by atoms with Crippen LogP contribution in [0.4, 0.5) is 5.69 Å². The molecule has 0 saturated carbocycles. The number of anilines is 1. The van der Waals surface area contributed by atoms with Crippen LogP contribution in [-0.2, 0) is 4.79 Å². The third-order valence-electron chi connectivity index (χ3n) is 3.77. The summed E-state index contributed by atoms with van der Waals surface area (Å²) in [5.41, 5.74) is 0.872. The van der Waals surface area contributed by atoms with E-state index in [4.69, 9.17) is 0 Å². The van der Waals surface area contributed by atoms with Crippen molar-refractivity contribution in [1.29, 1.82) is 0 Å². The Morgan fingerprint density at radius 2 is 1.95 bits per heavy atom. The number of likely N-dealkylation sites (N-methyl/N-ethyl adjacent to an activating group) is 2. The molecule has 1 N–H and O–H groups in total. The second-order valence-electron chi connectivity index (χ2n) is 4.89. The molecule has 2 rings (SSSR count). The molecule has 1 aliphatic heterocycles. The van der Waals surface area contributed by atoms with E-state index in [9.17, 15) is 4.79 Å². The van der Waals surface area contributed by atoms with Crippen LogP contribution in [0.15, 0.2) is 30.3 Å². The van der Waals surface area contributed by atoms with Gasteiger partial charge in [0, 0.05) is 25.3 Å². The average molecular weight is 261 g/mol. The van der Waals surface area contributed by atoms with E-state index in [-0.39, 0.29) is 11.9 Å². The first kappa shape index (κ1) is 14.0. The molecule has 1 unspecified atom stereocenters. The summed E-state index contributed by atoms with van der Waals surface area (Å²) in [6.45, 7) is 9.04. The molecule has 19 heavy (non-hydrogen) atoms. The smallest absolute Gasteiger partial charge is 0.243 e. The van der Waals surface area contributed by atoms with Crippen LogP contribution in [-0.4, -0.2) is 54.5 Å². The Hall–Kier alpha value is -1.39. The highest BCUT2D eigenvalue weighted by molar-refractivity contribution is 5.95. The lowest BCUT2D eigenvalue weighted by Gasteiger charge is -2.39. The van der Waals surface area contributed by atoms with E-state index in [0.717, 1.165) is 38.4 Å². The maximum absolute atomic E-state index is 12.4. The van der Waals surface area contributed by atoms with Gasteiger partial charge >= 0.3 is 0 Å². The SMILES string of the molecule is CCN1CCN(CC)C(C(=O)Nc2ccccc2)C1. The topological polar surface area (TPSA) is 35.6 Å². The van der Waals surface area contributed by atoms with Gasteiger partial charge < -0.3 is 10.2 Å². The van der Waals surface area contributed by atoms with E-state index in [1.807, 2.05) is 30.3 Å². The monoisotopic (exact) mass is 261 g/mol. The molecule has 0 aliphatic carbocycles. The number of hydrogen-bond acceptors (Lipinski definition) is 3. The Kier molecular flexibility index (Phi) is 4.93. The minimum absolute atomic E-state index is 0.0427. The van der Waals surface area contributed by atoms with Crippen molar-refractivity contribution in [2.24, 2.45) is 0 Å². The molecular weight excluding hydrogens is 238 g/mol. The molecule has 1 aromatic rings. The first-order valence-corrected chi connectivity index (χ1v) is 7.07. The molecule has 4 nitrogen and oxygen atoms in total. The lowest BCUT2D eigenvalue weighted by molar-refractivity contribution is -0.123. The van der Waals surface area contributed by atoms with Crippen LogP contribution in [0.25, 0.3) is 0 Å². The lowest BCUT2D eigenvalue weighted by atomic mass is 10.1. The molecule has 1 amide bonds. The quantitative estimate of drug-likeness (QED) is 0.895. The van der Waals surface area contributed by atoms with E-state index in [1.54, 1.807) is 0 Å². The zero-order valence-electron chi connectivity index (χ0n) is 11.8. The Bertz CT molecular complexity index is 407. The minimum Gasteiger partial charge on any atom is -0.325 e. The Balaban J connectivity index is 2.02. The maximum Gasteiger partial charge on any atom is 0.243 e. The Morgan fingerprint density at radius 1 is 1.21 bits per heavy atom. The summed E-state index contributed by atoms with van der Waals surface area (Å²) in [6.07, 6.45) is 0. The van der Waals surface area contributed by atoms with Crippen molar-refractivity contribution in [2.45, 2.75) is 19.9 Å². The van der Waals surface area contributed by atoms with Gasteiger partial charge in [-0.1, -0.05) is 32.0 Å². The predicted octanol–water partition coefficient (Wildman–Crippen LogP) is 1.65.